The summed E-state index contributed by atoms with van der Waals surface area (Å²) in [6.45, 7) is 1.94. The van der Waals surface area contributed by atoms with Crippen LogP contribution >= 0.6 is 11.8 Å². The predicted molar refractivity (Wildman–Crippen MR) is 63.6 cm³/mol. The van der Waals surface area contributed by atoms with Crippen molar-refractivity contribution in [3.8, 4) is 5.75 Å². The maximum Gasteiger partial charge on any atom is 0.573 e. The molecule has 2 atom stereocenters. The van der Waals surface area contributed by atoms with Crippen molar-refractivity contribution in [2.24, 2.45) is 0 Å². The molecule has 1 heterocycles. The fraction of sp³-hybridized carbons (Fsp3) is 0.500. The average Bonchev–Trinajstić information content (AvgIpc) is 2.58. The molecule has 0 aromatic heterocycles. The molecule has 2 rings (SSSR count). The van der Waals surface area contributed by atoms with Crippen LogP contribution in [-0.2, 0) is 5.60 Å². The Kier molecular flexibility index (Phi) is 3.51. The van der Waals surface area contributed by atoms with Gasteiger partial charge < -0.3 is 9.84 Å². The Morgan fingerprint density at radius 3 is 2.61 bits per heavy atom. The number of benzene rings is 1. The van der Waals surface area contributed by atoms with Gasteiger partial charge in [-0.3, -0.25) is 0 Å². The van der Waals surface area contributed by atoms with Gasteiger partial charge in [-0.15, -0.1) is 13.2 Å². The molecule has 0 radical (unpaired) electrons. The summed E-state index contributed by atoms with van der Waals surface area (Å²) >= 11 is 1.54. The molecule has 6 heteroatoms. The Morgan fingerprint density at radius 1 is 1.39 bits per heavy atom. The van der Waals surface area contributed by atoms with Crippen molar-refractivity contribution >= 4 is 11.8 Å². The summed E-state index contributed by atoms with van der Waals surface area (Å²) in [5.41, 5.74) is -1.04. The summed E-state index contributed by atoms with van der Waals surface area (Å²) in [6.07, 6.45) is -4.32. The topological polar surface area (TPSA) is 29.5 Å². The summed E-state index contributed by atoms with van der Waals surface area (Å²) in [5.74, 6) is 0.0639. The van der Waals surface area contributed by atoms with E-state index < -0.39 is 12.0 Å². The van der Waals surface area contributed by atoms with Gasteiger partial charge in [0.1, 0.15) is 11.4 Å². The van der Waals surface area contributed by atoms with Gasteiger partial charge in [0.15, 0.2) is 0 Å². The molecule has 1 aliphatic heterocycles. The molecule has 2 unspecified atom stereocenters. The van der Waals surface area contributed by atoms with E-state index in [-0.39, 0.29) is 16.6 Å². The minimum Gasteiger partial charge on any atom is -0.405 e. The normalized spacial score (nSPS) is 28.4. The first kappa shape index (κ1) is 13.5. The number of aliphatic hydroxyl groups is 1. The summed E-state index contributed by atoms with van der Waals surface area (Å²) in [5, 5.41) is 10.7. The van der Waals surface area contributed by atoms with Crippen molar-refractivity contribution in [2.75, 3.05) is 5.75 Å². The van der Waals surface area contributed by atoms with E-state index in [9.17, 15) is 18.3 Å². The molecule has 0 saturated carbocycles. The highest BCUT2D eigenvalue weighted by molar-refractivity contribution is 8.00. The van der Waals surface area contributed by atoms with Gasteiger partial charge in [-0.25, -0.2) is 0 Å². The lowest BCUT2D eigenvalue weighted by atomic mass is 9.91. The molecule has 1 saturated heterocycles. The van der Waals surface area contributed by atoms with Crippen LogP contribution in [0.4, 0.5) is 13.2 Å². The van der Waals surface area contributed by atoms with Crippen molar-refractivity contribution < 1.29 is 23.0 Å². The van der Waals surface area contributed by atoms with E-state index in [0.29, 0.717) is 12.2 Å². The first-order valence-corrected chi connectivity index (χ1v) is 6.54. The second-order valence-electron chi connectivity index (χ2n) is 4.40. The zero-order chi connectivity index (χ0) is 13.4. The van der Waals surface area contributed by atoms with Crippen LogP contribution in [0.25, 0.3) is 0 Å². The molecule has 1 aromatic carbocycles. The monoisotopic (exact) mass is 278 g/mol. The second-order valence-corrected chi connectivity index (χ2v) is 5.83. The van der Waals surface area contributed by atoms with Crippen LogP contribution in [0, 0.1) is 0 Å². The highest BCUT2D eigenvalue weighted by atomic mass is 32.2. The van der Waals surface area contributed by atoms with Crippen molar-refractivity contribution in [3.05, 3.63) is 29.8 Å². The van der Waals surface area contributed by atoms with Crippen LogP contribution in [0.1, 0.15) is 18.9 Å². The van der Waals surface area contributed by atoms with Gasteiger partial charge in [0, 0.05) is 16.6 Å². The quantitative estimate of drug-likeness (QED) is 0.900. The van der Waals surface area contributed by atoms with E-state index in [1.165, 1.54) is 30.0 Å². The van der Waals surface area contributed by atoms with Gasteiger partial charge in [0.25, 0.3) is 0 Å². The molecule has 1 N–H and O–H groups in total. The third-order valence-electron chi connectivity index (χ3n) is 2.85. The zero-order valence-corrected chi connectivity index (χ0v) is 10.5. The van der Waals surface area contributed by atoms with Crippen molar-refractivity contribution in [3.63, 3.8) is 0 Å². The van der Waals surface area contributed by atoms with Crippen molar-refractivity contribution in [2.45, 2.75) is 30.6 Å². The molecule has 1 aromatic rings. The van der Waals surface area contributed by atoms with Crippen molar-refractivity contribution in [1.29, 1.82) is 0 Å². The number of thioether (sulfide) groups is 1. The summed E-state index contributed by atoms with van der Waals surface area (Å²) in [6, 6.07) is 5.78. The molecule has 100 valence electrons. The van der Waals surface area contributed by atoms with E-state index in [0.717, 1.165) is 0 Å². The maximum absolute atomic E-state index is 12.3. The van der Waals surface area contributed by atoms with Crippen LogP contribution in [0.5, 0.6) is 5.75 Å². The lowest BCUT2D eigenvalue weighted by Crippen LogP contribution is -2.28. The largest absolute Gasteiger partial charge is 0.573 e. The van der Waals surface area contributed by atoms with E-state index in [4.69, 9.17) is 0 Å². The minimum absolute atomic E-state index is 0.208. The van der Waals surface area contributed by atoms with E-state index >= 15 is 0 Å². The third kappa shape index (κ3) is 2.92. The fourth-order valence-corrected chi connectivity index (χ4v) is 3.35. The Morgan fingerprint density at radius 2 is 2.06 bits per heavy atom. The Hall–Kier alpha value is -0.880. The SMILES string of the molecule is CC1CC(O)(c2ccccc2OC(F)(F)F)CS1. The van der Waals surface area contributed by atoms with E-state index in [1.807, 2.05) is 6.92 Å². The molecular weight excluding hydrogens is 265 g/mol. The third-order valence-corrected chi connectivity index (χ3v) is 4.23. The molecular formula is C12H13F3O2S. The minimum atomic E-state index is -4.75. The molecule has 18 heavy (non-hydrogen) atoms. The molecule has 1 fully saturated rings. The standard InChI is InChI=1S/C12H13F3O2S/c1-8-6-11(16,7-18-8)9-4-2-3-5-10(9)17-12(13,14)15/h2-5,8,16H,6-7H2,1H3. The lowest BCUT2D eigenvalue weighted by molar-refractivity contribution is -0.275. The molecule has 0 aliphatic carbocycles. The number of halogens is 3. The van der Waals surface area contributed by atoms with Crippen LogP contribution in [0.3, 0.4) is 0 Å². The van der Waals surface area contributed by atoms with Gasteiger partial charge >= 0.3 is 6.36 Å². The number of ether oxygens (including phenoxy) is 1. The Labute approximate surface area is 107 Å². The second kappa shape index (κ2) is 4.66. The fourth-order valence-electron chi connectivity index (χ4n) is 2.13. The molecule has 0 bridgehead atoms. The smallest absolute Gasteiger partial charge is 0.405 e. The number of hydrogen-bond donors (Lipinski definition) is 1. The van der Waals surface area contributed by atoms with Gasteiger partial charge in [0.2, 0.25) is 0 Å². The summed E-state index contributed by atoms with van der Waals surface area (Å²) < 4.78 is 40.9. The van der Waals surface area contributed by atoms with Gasteiger partial charge in [-0.2, -0.15) is 11.8 Å². The zero-order valence-electron chi connectivity index (χ0n) is 9.70. The first-order chi connectivity index (χ1) is 8.30. The molecule has 1 aliphatic rings. The molecule has 0 amide bonds. The lowest BCUT2D eigenvalue weighted by Gasteiger charge is -2.25. The first-order valence-electron chi connectivity index (χ1n) is 5.49. The van der Waals surface area contributed by atoms with Gasteiger partial charge in [0.05, 0.1) is 0 Å². The highest BCUT2D eigenvalue weighted by Crippen LogP contribution is 2.45. The number of hydrogen-bond acceptors (Lipinski definition) is 3. The van der Waals surface area contributed by atoms with Crippen molar-refractivity contribution in [1.82, 2.24) is 0 Å². The average molecular weight is 278 g/mol. The Bertz CT molecular complexity index is 436. The summed E-state index contributed by atoms with van der Waals surface area (Å²) in [7, 11) is 0. The Balaban J connectivity index is 2.33. The number of alkyl halides is 3. The molecule has 2 nitrogen and oxygen atoms in total. The predicted octanol–water partition coefficient (Wildman–Crippen LogP) is 3.30. The molecule has 0 spiro atoms. The van der Waals surface area contributed by atoms with Gasteiger partial charge in [-0.05, 0) is 12.5 Å². The van der Waals surface area contributed by atoms with Gasteiger partial charge in [-0.1, -0.05) is 25.1 Å². The number of para-hydroxylation sites is 1. The van der Waals surface area contributed by atoms with Crippen LogP contribution in [0.2, 0.25) is 0 Å². The maximum atomic E-state index is 12.3. The summed E-state index contributed by atoms with van der Waals surface area (Å²) in [4.78, 5) is 0. The van der Waals surface area contributed by atoms with Crippen LogP contribution in [-0.4, -0.2) is 22.5 Å². The van der Waals surface area contributed by atoms with E-state index in [1.54, 1.807) is 6.07 Å². The number of rotatable bonds is 2. The highest BCUT2D eigenvalue weighted by Gasteiger charge is 2.41. The van der Waals surface area contributed by atoms with Crippen LogP contribution < -0.4 is 4.74 Å². The van der Waals surface area contributed by atoms with Crippen LogP contribution in [0.15, 0.2) is 24.3 Å². The van der Waals surface area contributed by atoms with E-state index in [2.05, 4.69) is 4.74 Å².